The molecule has 0 aliphatic heterocycles. The van der Waals surface area contributed by atoms with Crippen molar-refractivity contribution in [2.75, 3.05) is 0 Å². The molecule has 0 saturated carbocycles. The number of phenolic OH excluding ortho intramolecular Hbond substituents is 1. The Morgan fingerprint density at radius 2 is 0.930 bits per heavy atom. The summed E-state index contributed by atoms with van der Waals surface area (Å²) >= 11 is 0. The van der Waals surface area contributed by atoms with Crippen LogP contribution >= 0.6 is 0 Å². The highest BCUT2D eigenvalue weighted by Gasteiger charge is 2.25. The van der Waals surface area contributed by atoms with Crippen molar-refractivity contribution in [1.82, 2.24) is 18.8 Å². The van der Waals surface area contributed by atoms with Gasteiger partial charge in [-0.05, 0) is 57.9 Å². The number of nitrogens with one attached hydrogen (secondary N) is 2. The van der Waals surface area contributed by atoms with Gasteiger partial charge in [0.05, 0.1) is 27.5 Å². The van der Waals surface area contributed by atoms with Crippen LogP contribution in [0.1, 0.15) is 0 Å². The number of phenols is 1. The number of aromatic nitrogens is 4. The fourth-order valence-corrected chi connectivity index (χ4v) is 7.91. The van der Waals surface area contributed by atoms with Crippen LogP contribution in [0.4, 0.5) is 0 Å². The van der Waals surface area contributed by atoms with Gasteiger partial charge in [-0.2, -0.15) is 0 Å². The van der Waals surface area contributed by atoms with E-state index >= 15 is 0 Å². The number of fused-ring (bicyclic) bond motifs is 10. The molecule has 0 aliphatic carbocycles. The lowest BCUT2D eigenvalue weighted by atomic mass is 9.85. The first-order valence-corrected chi connectivity index (χ1v) is 14.2. The van der Waals surface area contributed by atoms with Gasteiger partial charge in [0.1, 0.15) is 17.0 Å². The van der Waals surface area contributed by atoms with Crippen molar-refractivity contribution in [2.24, 2.45) is 0 Å². The third kappa shape index (κ3) is 2.27. The van der Waals surface area contributed by atoms with E-state index < -0.39 is 0 Å². The summed E-state index contributed by atoms with van der Waals surface area (Å²) in [6, 6.07) is 29.3. The van der Waals surface area contributed by atoms with E-state index in [1.807, 2.05) is 60.7 Å². The maximum Gasteiger partial charge on any atom is 0.264 e. The fourth-order valence-electron chi connectivity index (χ4n) is 7.91. The van der Waals surface area contributed by atoms with Gasteiger partial charge < -0.3 is 15.1 Å². The Hall–Kier alpha value is -6.08. The molecule has 0 radical (unpaired) electrons. The Labute approximate surface area is 239 Å². The molecule has 200 valence electrons. The topological polar surface area (TPSA) is 94.8 Å². The van der Waals surface area contributed by atoms with Gasteiger partial charge >= 0.3 is 0 Å². The van der Waals surface area contributed by atoms with Gasteiger partial charge in [-0.1, -0.05) is 54.6 Å². The van der Waals surface area contributed by atoms with Gasteiger partial charge in [0.25, 0.3) is 11.1 Å². The molecule has 7 aromatic carbocycles. The van der Waals surface area contributed by atoms with Gasteiger partial charge in [0.15, 0.2) is 0 Å². The lowest BCUT2D eigenvalue weighted by Gasteiger charge is -2.19. The van der Waals surface area contributed by atoms with Crippen LogP contribution in [0, 0.1) is 0 Å². The smallest absolute Gasteiger partial charge is 0.264 e. The van der Waals surface area contributed by atoms with Crippen LogP contribution in [0.3, 0.4) is 0 Å². The van der Waals surface area contributed by atoms with Crippen LogP contribution in [-0.4, -0.2) is 23.9 Å². The first-order chi connectivity index (χ1) is 21.1. The quantitative estimate of drug-likeness (QED) is 0.135. The summed E-state index contributed by atoms with van der Waals surface area (Å²) < 4.78 is 3.47. The molecule has 3 N–H and O–H groups in total. The molecule has 0 spiro atoms. The predicted molar refractivity (Wildman–Crippen MR) is 174 cm³/mol. The summed E-state index contributed by atoms with van der Waals surface area (Å²) in [5.41, 5.74) is 4.61. The van der Waals surface area contributed by atoms with Crippen LogP contribution in [-0.2, 0) is 0 Å². The molecule has 0 aliphatic rings. The van der Waals surface area contributed by atoms with Gasteiger partial charge in [0.2, 0.25) is 0 Å². The number of rotatable bonds is 0. The first kappa shape index (κ1) is 21.6. The molecule has 0 saturated heterocycles. The van der Waals surface area contributed by atoms with E-state index in [1.54, 1.807) is 14.9 Å². The molecule has 0 atom stereocenters. The number of para-hydroxylation sites is 4. The molecule has 0 amide bonds. The largest absolute Gasteiger partial charge is 0.507 e. The molecule has 7 nitrogen and oxygen atoms in total. The number of benzene rings is 7. The molecular weight excluding hydrogens is 536 g/mol. The zero-order valence-corrected chi connectivity index (χ0v) is 22.3. The summed E-state index contributed by atoms with van der Waals surface area (Å²) in [7, 11) is 0. The summed E-state index contributed by atoms with van der Waals surface area (Å²) in [4.78, 5) is 35.0. The average Bonchev–Trinajstić information content (AvgIpc) is 3.62. The second-order valence-electron chi connectivity index (χ2n) is 11.6. The molecule has 0 bridgehead atoms. The number of imidazole rings is 2. The minimum absolute atomic E-state index is 0.0484. The van der Waals surface area contributed by atoms with Crippen LogP contribution in [0.2, 0.25) is 0 Å². The fraction of sp³-hybridized carbons (Fsp3) is 0. The Morgan fingerprint density at radius 3 is 1.58 bits per heavy atom. The second-order valence-corrected chi connectivity index (χ2v) is 11.6. The van der Waals surface area contributed by atoms with Gasteiger partial charge in [-0.25, -0.2) is 0 Å². The predicted octanol–water partition coefficient (Wildman–Crippen LogP) is 7.38. The van der Waals surface area contributed by atoms with Crippen molar-refractivity contribution in [3.05, 3.63) is 112 Å². The number of nitrogens with zero attached hydrogens (tertiary/aromatic N) is 2. The molecule has 7 heteroatoms. The molecule has 11 rings (SSSR count). The maximum absolute atomic E-state index is 14.0. The Morgan fingerprint density at radius 1 is 0.465 bits per heavy atom. The van der Waals surface area contributed by atoms with E-state index in [1.165, 1.54) is 0 Å². The molecule has 4 aromatic heterocycles. The summed E-state index contributed by atoms with van der Waals surface area (Å²) in [5, 5.41) is 21.5. The zero-order chi connectivity index (χ0) is 28.3. The second kappa shape index (κ2) is 6.86. The van der Waals surface area contributed by atoms with Crippen molar-refractivity contribution < 1.29 is 5.11 Å². The SMILES string of the molecule is O=c1c2ccc3c4c(O)cc5c(=O)n6c7ccccc7[nH]c6c6ccc(c7ccc(c2c73)c2[nH]c3ccccc3n12)c4c56. The van der Waals surface area contributed by atoms with Crippen molar-refractivity contribution in [3.8, 4) is 5.75 Å². The lowest BCUT2D eigenvalue weighted by Crippen LogP contribution is -2.14. The Balaban J connectivity index is 1.42. The van der Waals surface area contributed by atoms with E-state index in [9.17, 15) is 14.7 Å². The highest BCUT2D eigenvalue weighted by atomic mass is 16.3. The third-order valence-electron chi connectivity index (χ3n) is 9.60. The van der Waals surface area contributed by atoms with Gasteiger partial charge in [-0.3, -0.25) is 18.4 Å². The number of aromatic amines is 2. The number of pyridine rings is 2. The van der Waals surface area contributed by atoms with Crippen molar-refractivity contribution >= 4 is 98.0 Å². The standard InChI is InChI=1S/C36H18N4O3/c41-27-15-22-30-20(34-38-24-6-2-4-8-26(24)40(34)36(22)43)13-10-17-16-9-12-19-29-21(14-11-18(28(16)29)31(27)32(17)30)35(42)39-25-7-3-1-5-23(25)37-33(19)39/h1-15,37-38,41H. The molecule has 11 aromatic rings. The Bertz CT molecular complexity index is 3180. The first-order valence-electron chi connectivity index (χ1n) is 14.2. The Kier molecular flexibility index (Phi) is 3.45. The summed E-state index contributed by atoms with van der Waals surface area (Å²) in [6.07, 6.45) is 0. The highest BCUT2D eigenvalue weighted by molar-refractivity contribution is 6.41. The third-order valence-corrected chi connectivity index (χ3v) is 9.60. The van der Waals surface area contributed by atoms with Crippen molar-refractivity contribution in [1.29, 1.82) is 0 Å². The molecule has 43 heavy (non-hydrogen) atoms. The van der Waals surface area contributed by atoms with Crippen LogP contribution < -0.4 is 11.1 Å². The van der Waals surface area contributed by atoms with E-state index in [-0.39, 0.29) is 16.9 Å². The average molecular weight is 555 g/mol. The lowest BCUT2D eigenvalue weighted by molar-refractivity contribution is 0.482. The van der Waals surface area contributed by atoms with Crippen molar-refractivity contribution in [3.63, 3.8) is 0 Å². The minimum atomic E-state index is -0.177. The van der Waals surface area contributed by atoms with E-state index in [0.29, 0.717) is 16.2 Å². The minimum Gasteiger partial charge on any atom is -0.507 e. The summed E-state index contributed by atoms with van der Waals surface area (Å²) in [5.74, 6) is 0.0484. The van der Waals surface area contributed by atoms with Crippen LogP contribution in [0.5, 0.6) is 5.75 Å². The van der Waals surface area contributed by atoms with Crippen LogP contribution in [0.25, 0.3) is 98.0 Å². The molecular formula is C36H18N4O3. The maximum atomic E-state index is 14.0. The van der Waals surface area contributed by atoms with E-state index in [4.69, 9.17) is 0 Å². The van der Waals surface area contributed by atoms with Gasteiger partial charge in [-0.15, -0.1) is 0 Å². The number of hydrogen-bond donors (Lipinski definition) is 3. The summed E-state index contributed by atoms with van der Waals surface area (Å²) in [6.45, 7) is 0. The zero-order valence-electron chi connectivity index (χ0n) is 22.3. The van der Waals surface area contributed by atoms with Gasteiger partial charge in [0, 0.05) is 37.7 Å². The van der Waals surface area contributed by atoms with E-state index in [0.717, 1.165) is 81.8 Å². The van der Waals surface area contributed by atoms with E-state index in [2.05, 4.69) is 34.2 Å². The molecule has 4 heterocycles. The highest BCUT2D eigenvalue weighted by Crippen LogP contribution is 2.48. The number of H-pyrrole nitrogens is 2. The van der Waals surface area contributed by atoms with Crippen LogP contribution in [0.15, 0.2) is 101 Å². The monoisotopic (exact) mass is 554 g/mol. The molecule has 0 fully saturated rings. The normalized spacial score (nSPS) is 12.9. The van der Waals surface area contributed by atoms with Crippen molar-refractivity contribution in [2.45, 2.75) is 0 Å². The molecule has 0 unspecified atom stereocenters. The number of hydrogen-bond acceptors (Lipinski definition) is 3. The number of aromatic hydroxyl groups is 1.